The Morgan fingerprint density at radius 1 is 0.950 bits per heavy atom. The van der Waals surface area contributed by atoms with Crippen molar-refractivity contribution in [1.82, 2.24) is 0 Å². The summed E-state index contributed by atoms with van der Waals surface area (Å²) in [5.74, 6) is 1.67. The Morgan fingerprint density at radius 2 is 1.50 bits per heavy atom. The minimum Gasteiger partial charge on any atom is -0.508 e. The smallest absolute Gasteiger partial charge is 0.118 e. The summed E-state index contributed by atoms with van der Waals surface area (Å²) in [6.45, 7) is 16.2. The molecule has 1 rings (SSSR count). The van der Waals surface area contributed by atoms with Crippen LogP contribution in [0, 0.1) is 22.7 Å². The predicted octanol–water partition coefficient (Wildman–Crippen LogP) is 5.67. The van der Waals surface area contributed by atoms with Crippen LogP contribution in [0.4, 0.5) is 0 Å². The van der Waals surface area contributed by atoms with Crippen molar-refractivity contribution >= 4 is 0 Å². The van der Waals surface area contributed by atoms with Crippen molar-refractivity contribution in [1.29, 1.82) is 0 Å². The van der Waals surface area contributed by atoms with E-state index in [0.717, 1.165) is 12.0 Å². The summed E-state index contributed by atoms with van der Waals surface area (Å²) in [7, 11) is 0. The first-order valence-corrected chi connectivity index (χ1v) is 7.78. The molecule has 0 aromatic heterocycles. The normalized spacial score (nSPS) is 15.9. The van der Waals surface area contributed by atoms with E-state index in [1.165, 1.54) is 6.42 Å². The molecular formula is C19H32O. The standard InChI is InChI=1S/C19H32O/c1-14(18(2,3)4)12-16(19(5,6)7)13-15-10-8-9-11-17(15)20/h8-11,14,16,20H,12-13H2,1-7H3. The highest BCUT2D eigenvalue weighted by Crippen LogP contribution is 2.40. The Hall–Kier alpha value is -0.980. The molecule has 114 valence electrons. The van der Waals surface area contributed by atoms with Crippen LogP contribution < -0.4 is 0 Å². The SMILES string of the molecule is CC(CC(Cc1ccccc1O)C(C)(C)C)C(C)(C)C. The van der Waals surface area contributed by atoms with Crippen LogP contribution >= 0.6 is 0 Å². The van der Waals surface area contributed by atoms with Crippen LogP contribution in [0.3, 0.4) is 0 Å². The first-order chi connectivity index (χ1) is 9.01. The van der Waals surface area contributed by atoms with Crippen LogP contribution in [-0.2, 0) is 6.42 Å². The van der Waals surface area contributed by atoms with Crippen molar-refractivity contribution < 1.29 is 5.11 Å². The number of hydrogen-bond acceptors (Lipinski definition) is 1. The fourth-order valence-electron chi connectivity index (χ4n) is 2.47. The maximum atomic E-state index is 10.0. The molecule has 2 unspecified atom stereocenters. The second kappa shape index (κ2) is 6.20. The molecule has 0 aliphatic carbocycles. The molecule has 0 amide bonds. The molecule has 0 heterocycles. The van der Waals surface area contributed by atoms with Gasteiger partial charge in [-0.05, 0) is 47.1 Å². The van der Waals surface area contributed by atoms with Crippen molar-refractivity contribution in [2.75, 3.05) is 0 Å². The van der Waals surface area contributed by atoms with Gasteiger partial charge in [0.1, 0.15) is 5.75 Å². The van der Waals surface area contributed by atoms with Crippen LogP contribution in [0.2, 0.25) is 0 Å². The van der Waals surface area contributed by atoms with Gasteiger partial charge in [-0.3, -0.25) is 0 Å². The topological polar surface area (TPSA) is 20.2 Å². The second-order valence-electron chi connectivity index (χ2n) is 8.40. The van der Waals surface area contributed by atoms with E-state index in [1.54, 1.807) is 6.07 Å². The fourth-order valence-corrected chi connectivity index (χ4v) is 2.47. The number of rotatable bonds is 4. The van der Waals surface area contributed by atoms with E-state index in [9.17, 15) is 5.11 Å². The number of benzene rings is 1. The summed E-state index contributed by atoms with van der Waals surface area (Å²) in [4.78, 5) is 0. The van der Waals surface area contributed by atoms with Crippen LogP contribution in [0.25, 0.3) is 0 Å². The minimum atomic E-state index is 0.252. The van der Waals surface area contributed by atoms with Gasteiger partial charge in [0, 0.05) is 0 Å². The lowest BCUT2D eigenvalue weighted by Gasteiger charge is -2.37. The van der Waals surface area contributed by atoms with Crippen molar-refractivity contribution in [3.8, 4) is 5.75 Å². The molecule has 0 aliphatic heterocycles. The van der Waals surface area contributed by atoms with E-state index in [2.05, 4.69) is 54.5 Å². The van der Waals surface area contributed by atoms with E-state index in [-0.39, 0.29) is 5.41 Å². The Balaban J connectivity index is 2.90. The summed E-state index contributed by atoms with van der Waals surface area (Å²) < 4.78 is 0. The van der Waals surface area contributed by atoms with Crippen LogP contribution in [0.15, 0.2) is 24.3 Å². The zero-order valence-corrected chi connectivity index (χ0v) is 14.3. The van der Waals surface area contributed by atoms with Gasteiger partial charge in [-0.2, -0.15) is 0 Å². The van der Waals surface area contributed by atoms with E-state index in [4.69, 9.17) is 0 Å². The molecule has 1 heteroatoms. The quantitative estimate of drug-likeness (QED) is 0.751. The first kappa shape index (κ1) is 17.1. The lowest BCUT2D eigenvalue weighted by molar-refractivity contribution is 0.143. The largest absolute Gasteiger partial charge is 0.508 e. The van der Waals surface area contributed by atoms with Crippen molar-refractivity contribution in [3.05, 3.63) is 29.8 Å². The maximum absolute atomic E-state index is 10.0. The molecule has 1 aromatic carbocycles. The van der Waals surface area contributed by atoms with Crippen LogP contribution in [0.5, 0.6) is 5.75 Å². The molecule has 2 atom stereocenters. The Labute approximate surface area is 125 Å². The van der Waals surface area contributed by atoms with Gasteiger partial charge in [-0.1, -0.05) is 66.7 Å². The molecule has 20 heavy (non-hydrogen) atoms. The lowest BCUT2D eigenvalue weighted by Crippen LogP contribution is -2.29. The molecule has 0 aliphatic rings. The Bertz CT molecular complexity index is 420. The number of phenolic OH excluding ortho intramolecular Hbond substituents is 1. The third-order valence-electron chi connectivity index (χ3n) is 4.80. The number of para-hydroxylation sites is 1. The van der Waals surface area contributed by atoms with Gasteiger partial charge in [0.25, 0.3) is 0 Å². The van der Waals surface area contributed by atoms with E-state index in [1.807, 2.05) is 12.1 Å². The molecular weight excluding hydrogens is 244 g/mol. The Kier molecular flexibility index (Phi) is 5.29. The number of aromatic hydroxyl groups is 1. The average Bonchev–Trinajstić information content (AvgIpc) is 2.28. The maximum Gasteiger partial charge on any atom is 0.118 e. The van der Waals surface area contributed by atoms with Gasteiger partial charge in [-0.25, -0.2) is 0 Å². The monoisotopic (exact) mass is 276 g/mol. The van der Waals surface area contributed by atoms with E-state index >= 15 is 0 Å². The average molecular weight is 276 g/mol. The van der Waals surface area contributed by atoms with Crippen molar-refractivity contribution in [2.45, 2.75) is 61.3 Å². The predicted molar refractivity (Wildman–Crippen MR) is 88.0 cm³/mol. The highest BCUT2D eigenvalue weighted by Gasteiger charge is 2.30. The zero-order valence-electron chi connectivity index (χ0n) is 14.3. The second-order valence-corrected chi connectivity index (χ2v) is 8.40. The zero-order chi connectivity index (χ0) is 15.6. The highest BCUT2D eigenvalue weighted by molar-refractivity contribution is 5.32. The fraction of sp³-hybridized carbons (Fsp3) is 0.684. The lowest BCUT2D eigenvalue weighted by atomic mass is 9.68. The van der Waals surface area contributed by atoms with Crippen LogP contribution in [-0.4, -0.2) is 5.11 Å². The van der Waals surface area contributed by atoms with Crippen molar-refractivity contribution in [2.24, 2.45) is 22.7 Å². The third-order valence-corrected chi connectivity index (χ3v) is 4.80. The molecule has 0 radical (unpaired) electrons. The summed E-state index contributed by atoms with van der Waals surface area (Å²) in [6.07, 6.45) is 2.15. The van der Waals surface area contributed by atoms with E-state index < -0.39 is 0 Å². The van der Waals surface area contributed by atoms with Crippen molar-refractivity contribution in [3.63, 3.8) is 0 Å². The Morgan fingerprint density at radius 3 is 1.95 bits per heavy atom. The summed E-state index contributed by atoms with van der Waals surface area (Å²) in [5, 5.41) is 10.0. The minimum absolute atomic E-state index is 0.252. The van der Waals surface area contributed by atoms with Crippen LogP contribution in [0.1, 0.15) is 60.5 Å². The number of phenols is 1. The highest BCUT2D eigenvalue weighted by atomic mass is 16.3. The third kappa shape index (κ3) is 4.85. The molecule has 0 saturated heterocycles. The molecule has 1 aromatic rings. The molecule has 1 N–H and O–H groups in total. The molecule has 0 bridgehead atoms. The van der Waals surface area contributed by atoms with Gasteiger partial charge < -0.3 is 5.11 Å². The van der Waals surface area contributed by atoms with E-state index in [0.29, 0.717) is 23.0 Å². The summed E-state index contributed by atoms with van der Waals surface area (Å²) in [5.41, 5.74) is 1.66. The van der Waals surface area contributed by atoms with Gasteiger partial charge in [0.2, 0.25) is 0 Å². The first-order valence-electron chi connectivity index (χ1n) is 7.78. The van der Waals surface area contributed by atoms with Gasteiger partial charge >= 0.3 is 0 Å². The van der Waals surface area contributed by atoms with Gasteiger partial charge in [0.15, 0.2) is 0 Å². The molecule has 0 spiro atoms. The molecule has 1 nitrogen and oxygen atoms in total. The van der Waals surface area contributed by atoms with Gasteiger partial charge in [0.05, 0.1) is 0 Å². The molecule has 0 fully saturated rings. The van der Waals surface area contributed by atoms with Gasteiger partial charge in [-0.15, -0.1) is 0 Å². The summed E-state index contributed by atoms with van der Waals surface area (Å²) >= 11 is 0. The molecule has 0 saturated carbocycles. The summed E-state index contributed by atoms with van der Waals surface area (Å²) in [6, 6.07) is 7.75. The number of hydrogen-bond donors (Lipinski definition) is 1.